The average Bonchev–Trinajstić information content (AvgIpc) is 1.62. The molecule has 1 heteroatoms. The Labute approximate surface area is 59.8 Å². The van der Waals surface area contributed by atoms with E-state index >= 15 is 0 Å². The molecule has 0 aromatic heterocycles. The minimum absolute atomic E-state index is 0.189. The monoisotopic (exact) mass is 174 g/mol. The van der Waals surface area contributed by atoms with Crippen molar-refractivity contribution in [1.29, 1.82) is 0 Å². The second kappa shape index (κ2) is 2.55. The summed E-state index contributed by atoms with van der Waals surface area (Å²) in [5.74, 6) is 2.62. The van der Waals surface area contributed by atoms with Gasteiger partial charge in [0.05, 0.1) is 4.83 Å². The summed E-state index contributed by atoms with van der Waals surface area (Å²) in [4.78, 5) is 0.190. The van der Waals surface area contributed by atoms with Crippen LogP contribution in [0.4, 0.5) is 0 Å². The van der Waals surface area contributed by atoms with Crippen LogP contribution < -0.4 is 0 Å². The molecule has 0 saturated carbocycles. The lowest BCUT2D eigenvalue weighted by Crippen LogP contribution is -2.17. The Balaban J connectivity index is 3.87. The summed E-state index contributed by atoms with van der Waals surface area (Å²) in [6.07, 6.45) is 5.16. The van der Waals surface area contributed by atoms with Crippen LogP contribution in [-0.4, -0.2) is 4.83 Å². The Hall–Kier alpha value is 0.0400. The third kappa shape index (κ3) is 2.37. The topological polar surface area (TPSA) is 0 Å². The van der Waals surface area contributed by atoms with E-state index in [9.17, 15) is 0 Å². The molecule has 0 aliphatic rings. The van der Waals surface area contributed by atoms with Gasteiger partial charge in [-0.15, -0.1) is 6.42 Å². The van der Waals surface area contributed by atoms with Gasteiger partial charge in [0.15, 0.2) is 0 Å². The lowest BCUT2D eigenvalue weighted by atomic mass is 9.93. The molecule has 46 valence electrons. The van der Waals surface area contributed by atoms with E-state index in [1.54, 1.807) is 0 Å². The number of alkyl halides is 1. The fourth-order valence-electron chi connectivity index (χ4n) is 0.250. The van der Waals surface area contributed by atoms with Gasteiger partial charge in [-0.3, -0.25) is 0 Å². The van der Waals surface area contributed by atoms with Gasteiger partial charge in [0.2, 0.25) is 0 Å². The Morgan fingerprint density at radius 1 is 1.50 bits per heavy atom. The molecule has 0 aliphatic carbocycles. The molecule has 0 fully saturated rings. The van der Waals surface area contributed by atoms with Gasteiger partial charge in [-0.1, -0.05) is 42.6 Å². The second-order valence-corrected chi connectivity index (χ2v) is 3.81. The van der Waals surface area contributed by atoms with Gasteiger partial charge in [0.25, 0.3) is 0 Å². The first-order chi connectivity index (χ1) is 3.48. The molecule has 0 spiro atoms. The quantitative estimate of drug-likeness (QED) is 0.391. The molecule has 0 aliphatic heterocycles. The largest absolute Gasteiger partial charge is 0.119 e. The molecule has 0 nitrogen and oxygen atoms in total. The van der Waals surface area contributed by atoms with E-state index in [2.05, 4.69) is 42.6 Å². The van der Waals surface area contributed by atoms with Crippen LogP contribution in [0.5, 0.6) is 0 Å². The Morgan fingerprint density at radius 3 is 1.88 bits per heavy atom. The molecule has 1 unspecified atom stereocenters. The van der Waals surface area contributed by atoms with E-state index in [1.807, 2.05) is 0 Å². The molecule has 8 heavy (non-hydrogen) atoms. The maximum Gasteiger partial charge on any atom is 0.0800 e. The van der Waals surface area contributed by atoms with E-state index in [0.29, 0.717) is 0 Å². The van der Waals surface area contributed by atoms with Gasteiger partial charge in [0, 0.05) is 0 Å². The van der Waals surface area contributed by atoms with Crippen LogP contribution in [0.2, 0.25) is 0 Å². The number of terminal acetylenes is 1. The summed E-state index contributed by atoms with van der Waals surface area (Å²) in [5, 5.41) is 0. The van der Waals surface area contributed by atoms with E-state index in [4.69, 9.17) is 6.42 Å². The minimum Gasteiger partial charge on any atom is -0.119 e. The first-order valence-electron chi connectivity index (χ1n) is 2.58. The maximum atomic E-state index is 5.16. The van der Waals surface area contributed by atoms with Crippen molar-refractivity contribution < 1.29 is 0 Å². The highest BCUT2D eigenvalue weighted by atomic mass is 79.9. The Bertz CT molecular complexity index is 103. The fourth-order valence-corrected chi connectivity index (χ4v) is 0.250. The zero-order valence-corrected chi connectivity index (χ0v) is 7.12. The SMILES string of the molecule is C#CC(Br)C(C)(C)C. The summed E-state index contributed by atoms with van der Waals surface area (Å²) in [6.45, 7) is 6.31. The molecule has 0 saturated heterocycles. The van der Waals surface area contributed by atoms with Gasteiger partial charge in [0.1, 0.15) is 0 Å². The van der Waals surface area contributed by atoms with E-state index < -0.39 is 0 Å². The molecule has 0 radical (unpaired) electrons. The van der Waals surface area contributed by atoms with Gasteiger partial charge in [-0.25, -0.2) is 0 Å². The van der Waals surface area contributed by atoms with Gasteiger partial charge in [-0.05, 0) is 5.41 Å². The van der Waals surface area contributed by atoms with Crippen molar-refractivity contribution >= 4 is 15.9 Å². The van der Waals surface area contributed by atoms with Crippen LogP contribution in [-0.2, 0) is 0 Å². The molecule has 0 rings (SSSR count). The Kier molecular flexibility index (Phi) is 2.56. The molecule has 0 N–H and O–H groups in total. The average molecular weight is 175 g/mol. The summed E-state index contributed by atoms with van der Waals surface area (Å²) < 4.78 is 0. The van der Waals surface area contributed by atoms with Crippen LogP contribution in [0.15, 0.2) is 0 Å². The number of halogens is 1. The molecular formula is C7H11Br. The van der Waals surface area contributed by atoms with Gasteiger partial charge < -0.3 is 0 Å². The molecule has 0 bridgehead atoms. The normalized spacial score (nSPS) is 14.9. The van der Waals surface area contributed by atoms with Crippen molar-refractivity contribution in [2.45, 2.75) is 25.6 Å². The van der Waals surface area contributed by atoms with Crippen molar-refractivity contribution in [2.75, 3.05) is 0 Å². The van der Waals surface area contributed by atoms with E-state index in [-0.39, 0.29) is 10.2 Å². The second-order valence-electron chi connectivity index (χ2n) is 2.90. The van der Waals surface area contributed by atoms with Crippen LogP contribution in [0.3, 0.4) is 0 Å². The summed E-state index contributed by atoms with van der Waals surface area (Å²) in [6, 6.07) is 0. The standard InChI is InChI=1S/C7H11Br/c1-5-6(8)7(2,3)4/h1,6H,2-4H3. The highest BCUT2D eigenvalue weighted by molar-refractivity contribution is 9.09. The molecular weight excluding hydrogens is 164 g/mol. The van der Waals surface area contributed by atoms with E-state index in [0.717, 1.165) is 0 Å². The van der Waals surface area contributed by atoms with Crippen molar-refractivity contribution in [1.82, 2.24) is 0 Å². The van der Waals surface area contributed by atoms with Crippen LogP contribution in [0.1, 0.15) is 20.8 Å². The fraction of sp³-hybridized carbons (Fsp3) is 0.714. The highest BCUT2D eigenvalue weighted by Gasteiger charge is 2.18. The van der Waals surface area contributed by atoms with Gasteiger partial charge >= 0.3 is 0 Å². The van der Waals surface area contributed by atoms with Crippen molar-refractivity contribution in [2.24, 2.45) is 5.41 Å². The predicted molar refractivity (Wildman–Crippen MR) is 41.0 cm³/mol. The zero-order valence-electron chi connectivity index (χ0n) is 5.53. The van der Waals surface area contributed by atoms with Gasteiger partial charge in [-0.2, -0.15) is 0 Å². The van der Waals surface area contributed by atoms with Crippen LogP contribution in [0.25, 0.3) is 0 Å². The van der Waals surface area contributed by atoms with Crippen molar-refractivity contribution in [3.05, 3.63) is 0 Å². The lowest BCUT2D eigenvalue weighted by Gasteiger charge is -2.19. The molecule has 1 atom stereocenters. The van der Waals surface area contributed by atoms with Crippen molar-refractivity contribution in [3.8, 4) is 12.3 Å². The molecule has 0 aromatic rings. The molecule has 0 heterocycles. The first kappa shape index (κ1) is 8.04. The van der Waals surface area contributed by atoms with Crippen LogP contribution >= 0.6 is 15.9 Å². The summed E-state index contributed by atoms with van der Waals surface area (Å²) in [5.41, 5.74) is 0.189. The smallest absolute Gasteiger partial charge is 0.0800 e. The molecule has 0 amide bonds. The first-order valence-corrected chi connectivity index (χ1v) is 3.50. The predicted octanol–water partition coefficient (Wildman–Crippen LogP) is 2.43. The zero-order chi connectivity index (χ0) is 6.78. The summed E-state index contributed by atoms with van der Waals surface area (Å²) >= 11 is 3.36. The third-order valence-corrected chi connectivity index (χ3v) is 2.54. The highest BCUT2D eigenvalue weighted by Crippen LogP contribution is 2.24. The Morgan fingerprint density at radius 2 is 1.88 bits per heavy atom. The molecule has 0 aromatic carbocycles. The third-order valence-electron chi connectivity index (χ3n) is 0.907. The van der Waals surface area contributed by atoms with E-state index in [1.165, 1.54) is 0 Å². The lowest BCUT2D eigenvalue weighted by molar-refractivity contribution is 0.444. The minimum atomic E-state index is 0.189. The summed E-state index contributed by atoms with van der Waals surface area (Å²) in [7, 11) is 0. The number of hydrogen-bond acceptors (Lipinski definition) is 0. The number of hydrogen-bond donors (Lipinski definition) is 0. The van der Waals surface area contributed by atoms with Crippen molar-refractivity contribution in [3.63, 3.8) is 0 Å². The number of rotatable bonds is 0. The maximum absolute atomic E-state index is 5.16. The van der Waals surface area contributed by atoms with Crippen LogP contribution in [0, 0.1) is 17.8 Å².